The molecule has 1 aromatic rings. The average molecular weight is 254 g/mol. The summed E-state index contributed by atoms with van der Waals surface area (Å²) in [5.74, 6) is 1.06. The Bertz CT molecular complexity index is 361. The van der Waals surface area contributed by atoms with E-state index in [-0.39, 0.29) is 12.6 Å². The first-order valence-corrected chi connectivity index (χ1v) is 6.67. The molecule has 2 heterocycles. The maximum atomic E-state index is 9.11. The zero-order valence-electron chi connectivity index (χ0n) is 11.1. The zero-order valence-corrected chi connectivity index (χ0v) is 11.1. The van der Waals surface area contributed by atoms with Gasteiger partial charge in [0.25, 0.3) is 0 Å². The van der Waals surface area contributed by atoms with Crippen molar-refractivity contribution in [2.75, 3.05) is 31.1 Å². The SMILES string of the molecule is CCNC(C)c1nnc(N2CCC(CO)CC2)o1. The van der Waals surface area contributed by atoms with Crippen LogP contribution in [0.4, 0.5) is 6.01 Å². The molecular weight excluding hydrogens is 232 g/mol. The van der Waals surface area contributed by atoms with Crippen LogP contribution < -0.4 is 10.2 Å². The molecule has 1 atom stereocenters. The minimum absolute atomic E-state index is 0.0891. The second kappa shape index (κ2) is 6.15. The van der Waals surface area contributed by atoms with Crippen molar-refractivity contribution in [3.05, 3.63) is 5.89 Å². The van der Waals surface area contributed by atoms with Crippen molar-refractivity contribution in [2.45, 2.75) is 32.7 Å². The van der Waals surface area contributed by atoms with Crippen LogP contribution in [0.25, 0.3) is 0 Å². The Morgan fingerprint density at radius 1 is 1.44 bits per heavy atom. The van der Waals surface area contributed by atoms with E-state index in [9.17, 15) is 0 Å². The summed E-state index contributed by atoms with van der Waals surface area (Å²) in [6, 6.07) is 0.692. The summed E-state index contributed by atoms with van der Waals surface area (Å²) in [5.41, 5.74) is 0. The second-order valence-electron chi connectivity index (χ2n) is 4.82. The molecule has 1 aliphatic rings. The normalized spacial score (nSPS) is 19.2. The maximum Gasteiger partial charge on any atom is 0.318 e. The summed E-state index contributed by atoms with van der Waals surface area (Å²) in [5, 5.41) is 20.5. The fourth-order valence-electron chi connectivity index (χ4n) is 2.23. The molecule has 0 aliphatic carbocycles. The van der Waals surface area contributed by atoms with Crippen LogP contribution in [-0.2, 0) is 0 Å². The smallest absolute Gasteiger partial charge is 0.318 e. The summed E-state index contributed by atoms with van der Waals surface area (Å²) in [7, 11) is 0. The number of aliphatic hydroxyl groups is 1. The van der Waals surface area contributed by atoms with Crippen molar-refractivity contribution in [1.82, 2.24) is 15.5 Å². The van der Waals surface area contributed by atoms with Crippen LogP contribution in [0.2, 0.25) is 0 Å². The Kier molecular flexibility index (Phi) is 4.54. The number of hydrogen-bond acceptors (Lipinski definition) is 6. The minimum atomic E-state index is 0.0891. The molecule has 2 N–H and O–H groups in total. The lowest BCUT2D eigenvalue weighted by Gasteiger charge is -2.29. The molecule has 6 heteroatoms. The van der Waals surface area contributed by atoms with Gasteiger partial charge in [-0.2, -0.15) is 0 Å². The third-order valence-electron chi connectivity index (χ3n) is 3.45. The van der Waals surface area contributed by atoms with Crippen molar-refractivity contribution >= 4 is 6.01 Å². The van der Waals surface area contributed by atoms with Gasteiger partial charge in [0.1, 0.15) is 0 Å². The molecule has 1 fully saturated rings. The van der Waals surface area contributed by atoms with E-state index in [2.05, 4.69) is 20.4 Å². The lowest BCUT2D eigenvalue weighted by Crippen LogP contribution is -2.34. The topological polar surface area (TPSA) is 74.4 Å². The summed E-state index contributed by atoms with van der Waals surface area (Å²) in [6.45, 7) is 6.97. The number of rotatable bonds is 5. The number of aromatic nitrogens is 2. The second-order valence-corrected chi connectivity index (χ2v) is 4.82. The van der Waals surface area contributed by atoms with E-state index in [0.29, 0.717) is 17.8 Å². The Balaban J connectivity index is 1.94. The first-order valence-electron chi connectivity index (χ1n) is 6.67. The molecule has 0 amide bonds. The molecule has 1 saturated heterocycles. The molecule has 0 radical (unpaired) electrons. The van der Waals surface area contributed by atoms with Crippen molar-refractivity contribution in [3.8, 4) is 0 Å². The van der Waals surface area contributed by atoms with E-state index in [4.69, 9.17) is 9.52 Å². The van der Waals surface area contributed by atoms with E-state index in [1.807, 2.05) is 13.8 Å². The van der Waals surface area contributed by atoms with Crippen molar-refractivity contribution in [1.29, 1.82) is 0 Å². The van der Waals surface area contributed by atoms with Gasteiger partial charge in [-0.3, -0.25) is 0 Å². The van der Waals surface area contributed by atoms with Gasteiger partial charge < -0.3 is 19.7 Å². The highest BCUT2D eigenvalue weighted by Gasteiger charge is 2.23. The van der Waals surface area contributed by atoms with Gasteiger partial charge in [0.2, 0.25) is 5.89 Å². The van der Waals surface area contributed by atoms with E-state index in [0.717, 1.165) is 32.5 Å². The molecule has 0 spiro atoms. The largest absolute Gasteiger partial charge is 0.406 e. The molecule has 102 valence electrons. The Morgan fingerprint density at radius 3 is 2.78 bits per heavy atom. The van der Waals surface area contributed by atoms with Crippen LogP contribution >= 0.6 is 0 Å². The van der Waals surface area contributed by atoms with E-state index in [1.54, 1.807) is 0 Å². The summed E-state index contributed by atoms with van der Waals surface area (Å²) >= 11 is 0. The van der Waals surface area contributed by atoms with Crippen LogP contribution in [0.1, 0.15) is 38.6 Å². The quantitative estimate of drug-likeness (QED) is 0.815. The van der Waals surface area contributed by atoms with Crippen LogP contribution in [0.15, 0.2) is 4.42 Å². The first-order chi connectivity index (χ1) is 8.74. The standard InChI is InChI=1S/C12H22N4O2/c1-3-13-9(2)11-14-15-12(18-11)16-6-4-10(8-17)5-7-16/h9-10,13,17H,3-8H2,1-2H3. The van der Waals surface area contributed by atoms with Crippen LogP contribution in [0, 0.1) is 5.92 Å². The lowest BCUT2D eigenvalue weighted by atomic mass is 9.98. The van der Waals surface area contributed by atoms with E-state index in [1.165, 1.54) is 0 Å². The average Bonchev–Trinajstić information content (AvgIpc) is 2.89. The zero-order chi connectivity index (χ0) is 13.0. The fraction of sp³-hybridized carbons (Fsp3) is 0.833. The highest BCUT2D eigenvalue weighted by atomic mass is 16.4. The van der Waals surface area contributed by atoms with Gasteiger partial charge in [-0.15, -0.1) is 5.10 Å². The van der Waals surface area contributed by atoms with Gasteiger partial charge in [0.05, 0.1) is 6.04 Å². The molecule has 2 rings (SSSR count). The Hall–Kier alpha value is -1.14. The third kappa shape index (κ3) is 3.00. The number of anilines is 1. The monoisotopic (exact) mass is 254 g/mol. The molecule has 0 saturated carbocycles. The molecule has 6 nitrogen and oxygen atoms in total. The number of aliphatic hydroxyl groups excluding tert-OH is 1. The number of hydrogen-bond donors (Lipinski definition) is 2. The van der Waals surface area contributed by atoms with Gasteiger partial charge in [0, 0.05) is 19.7 Å². The Labute approximate surface area is 107 Å². The summed E-state index contributed by atoms with van der Waals surface area (Å²) < 4.78 is 5.69. The molecule has 18 heavy (non-hydrogen) atoms. The first kappa shape index (κ1) is 13.3. The van der Waals surface area contributed by atoms with Crippen LogP contribution in [0.5, 0.6) is 0 Å². The molecule has 1 unspecified atom stereocenters. The highest BCUT2D eigenvalue weighted by Crippen LogP contribution is 2.23. The van der Waals surface area contributed by atoms with Gasteiger partial charge in [-0.25, -0.2) is 0 Å². The third-order valence-corrected chi connectivity index (χ3v) is 3.45. The number of piperidine rings is 1. The Morgan fingerprint density at radius 2 is 2.17 bits per heavy atom. The fourth-order valence-corrected chi connectivity index (χ4v) is 2.23. The van der Waals surface area contributed by atoms with Gasteiger partial charge >= 0.3 is 6.01 Å². The molecule has 0 aromatic carbocycles. The predicted molar refractivity (Wildman–Crippen MR) is 68.4 cm³/mol. The van der Waals surface area contributed by atoms with Crippen molar-refractivity contribution in [3.63, 3.8) is 0 Å². The van der Waals surface area contributed by atoms with E-state index < -0.39 is 0 Å². The van der Waals surface area contributed by atoms with Crippen molar-refractivity contribution in [2.24, 2.45) is 5.92 Å². The van der Waals surface area contributed by atoms with E-state index >= 15 is 0 Å². The van der Waals surface area contributed by atoms with Gasteiger partial charge in [-0.05, 0) is 32.2 Å². The van der Waals surface area contributed by atoms with Gasteiger partial charge in [-0.1, -0.05) is 12.0 Å². The highest BCUT2D eigenvalue weighted by molar-refractivity contribution is 5.25. The number of nitrogens with one attached hydrogen (secondary N) is 1. The number of nitrogens with zero attached hydrogens (tertiary/aromatic N) is 3. The summed E-state index contributed by atoms with van der Waals surface area (Å²) in [4.78, 5) is 2.10. The molecule has 1 aromatic heterocycles. The maximum absolute atomic E-state index is 9.11. The lowest BCUT2D eigenvalue weighted by molar-refractivity contribution is 0.201. The van der Waals surface area contributed by atoms with Crippen molar-refractivity contribution < 1.29 is 9.52 Å². The molecule has 0 bridgehead atoms. The van der Waals surface area contributed by atoms with Gasteiger partial charge in [0.15, 0.2) is 0 Å². The molecule has 1 aliphatic heterocycles. The van der Waals surface area contributed by atoms with Crippen LogP contribution in [0.3, 0.4) is 0 Å². The summed E-state index contributed by atoms with van der Waals surface area (Å²) in [6.07, 6.45) is 1.97. The molecular formula is C12H22N4O2. The predicted octanol–water partition coefficient (Wildman–Crippen LogP) is 0.949. The van der Waals surface area contributed by atoms with Crippen LogP contribution in [-0.4, -0.2) is 41.5 Å². The minimum Gasteiger partial charge on any atom is -0.406 e.